The first-order valence-corrected chi connectivity index (χ1v) is 10.2. The Balaban J connectivity index is 2.04. The summed E-state index contributed by atoms with van der Waals surface area (Å²) < 4.78 is 1.69. The highest BCUT2D eigenvalue weighted by atomic mass is 32.2. The summed E-state index contributed by atoms with van der Waals surface area (Å²) in [6, 6.07) is 5.25. The quantitative estimate of drug-likeness (QED) is 0.508. The number of carboxylic acid groups (broad SMARTS) is 1. The first-order chi connectivity index (χ1) is 13.8. The SMILES string of the molecule is CC(C)CNc1nc2ccccn2c(=O)c1C=C1SC(=S)N(CCC(=O)O)C1=O. The first kappa shape index (κ1) is 21.0. The zero-order valence-electron chi connectivity index (χ0n) is 15.9. The molecule has 0 spiro atoms. The number of rotatable bonds is 7. The molecule has 0 unspecified atom stereocenters. The van der Waals surface area contributed by atoms with Crippen LogP contribution in [0, 0.1) is 5.92 Å². The fourth-order valence-electron chi connectivity index (χ4n) is 2.70. The van der Waals surface area contributed by atoms with Crippen LogP contribution in [0.4, 0.5) is 5.82 Å². The van der Waals surface area contributed by atoms with E-state index in [4.69, 9.17) is 17.3 Å². The summed E-state index contributed by atoms with van der Waals surface area (Å²) in [6.07, 6.45) is 2.89. The third-order valence-electron chi connectivity index (χ3n) is 4.15. The van der Waals surface area contributed by atoms with Crippen molar-refractivity contribution in [2.24, 2.45) is 5.92 Å². The van der Waals surface area contributed by atoms with Crippen molar-refractivity contribution in [3.63, 3.8) is 0 Å². The van der Waals surface area contributed by atoms with Crippen LogP contribution in [0.15, 0.2) is 34.1 Å². The fraction of sp³-hybridized carbons (Fsp3) is 0.316. The molecule has 2 N–H and O–H groups in total. The Kier molecular flexibility index (Phi) is 6.33. The van der Waals surface area contributed by atoms with Gasteiger partial charge in [0.25, 0.3) is 11.5 Å². The van der Waals surface area contributed by atoms with E-state index in [0.29, 0.717) is 23.9 Å². The summed E-state index contributed by atoms with van der Waals surface area (Å²) in [5.41, 5.74) is 0.445. The number of thioether (sulfide) groups is 1. The first-order valence-electron chi connectivity index (χ1n) is 9.00. The van der Waals surface area contributed by atoms with Crippen LogP contribution in [0.1, 0.15) is 25.8 Å². The summed E-state index contributed by atoms with van der Waals surface area (Å²) >= 11 is 6.26. The molecule has 0 radical (unpaired) electrons. The lowest BCUT2D eigenvalue weighted by molar-refractivity contribution is -0.137. The lowest BCUT2D eigenvalue weighted by Gasteiger charge is -2.13. The van der Waals surface area contributed by atoms with Crippen molar-refractivity contribution >= 4 is 57.7 Å². The number of carboxylic acids is 1. The number of carbonyl (C=O) groups is 2. The summed E-state index contributed by atoms with van der Waals surface area (Å²) in [5, 5.41) is 12.0. The number of amides is 1. The third kappa shape index (κ3) is 4.65. The number of nitrogens with zero attached hydrogens (tertiary/aromatic N) is 3. The molecule has 1 aliphatic rings. The van der Waals surface area contributed by atoms with E-state index in [2.05, 4.69) is 10.3 Å². The van der Waals surface area contributed by atoms with Crippen molar-refractivity contribution < 1.29 is 14.7 Å². The number of aromatic nitrogens is 2. The molecule has 1 fully saturated rings. The van der Waals surface area contributed by atoms with Gasteiger partial charge in [0.05, 0.1) is 16.9 Å². The molecule has 0 saturated carbocycles. The maximum atomic E-state index is 13.1. The number of anilines is 1. The van der Waals surface area contributed by atoms with Crippen molar-refractivity contribution in [2.75, 3.05) is 18.4 Å². The highest BCUT2D eigenvalue weighted by Crippen LogP contribution is 2.33. The van der Waals surface area contributed by atoms with Crippen LogP contribution >= 0.6 is 24.0 Å². The molecule has 29 heavy (non-hydrogen) atoms. The minimum Gasteiger partial charge on any atom is -0.481 e. The molecular weight excluding hydrogens is 412 g/mol. The maximum absolute atomic E-state index is 13.1. The summed E-state index contributed by atoms with van der Waals surface area (Å²) in [7, 11) is 0. The predicted octanol–water partition coefficient (Wildman–Crippen LogP) is 2.44. The van der Waals surface area contributed by atoms with Gasteiger partial charge in [0.1, 0.15) is 15.8 Å². The molecule has 0 aromatic carbocycles. The number of fused-ring (bicyclic) bond motifs is 1. The van der Waals surface area contributed by atoms with Gasteiger partial charge in [-0.25, -0.2) is 4.98 Å². The molecule has 0 atom stereocenters. The van der Waals surface area contributed by atoms with Crippen LogP contribution in [0.2, 0.25) is 0 Å². The fourth-order valence-corrected chi connectivity index (χ4v) is 3.99. The van der Waals surface area contributed by atoms with E-state index in [1.54, 1.807) is 24.4 Å². The topological polar surface area (TPSA) is 104 Å². The van der Waals surface area contributed by atoms with E-state index in [1.807, 2.05) is 13.8 Å². The van der Waals surface area contributed by atoms with E-state index >= 15 is 0 Å². The number of hydrogen-bond donors (Lipinski definition) is 2. The second-order valence-electron chi connectivity index (χ2n) is 6.86. The third-order valence-corrected chi connectivity index (χ3v) is 5.52. The summed E-state index contributed by atoms with van der Waals surface area (Å²) in [5.74, 6) is -0.701. The molecule has 152 valence electrons. The molecule has 0 bridgehead atoms. The number of hydrogen-bond acceptors (Lipinski definition) is 7. The molecular formula is C19H20N4O4S2. The van der Waals surface area contributed by atoms with Gasteiger partial charge in [0.15, 0.2) is 0 Å². The van der Waals surface area contributed by atoms with Gasteiger partial charge >= 0.3 is 5.97 Å². The average molecular weight is 433 g/mol. The lowest BCUT2D eigenvalue weighted by Crippen LogP contribution is -2.30. The highest BCUT2D eigenvalue weighted by Gasteiger charge is 2.32. The van der Waals surface area contributed by atoms with E-state index in [-0.39, 0.29) is 33.3 Å². The van der Waals surface area contributed by atoms with E-state index in [0.717, 1.165) is 11.8 Å². The summed E-state index contributed by atoms with van der Waals surface area (Å²) in [6.45, 7) is 4.67. The van der Waals surface area contributed by atoms with Gasteiger partial charge in [-0.3, -0.25) is 23.7 Å². The minimum atomic E-state index is -1.01. The van der Waals surface area contributed by atoms with Gasteiger partial charge in [0, 0.05) is 19.3 Å². The lowest BCUT2D eigenvalue weighted by atomic mass is 10.2. The smallest absolute Gasteiger partial charge is 0.305 e. The average Bonchev–Trinajstić information content (AvgIpc) is 2.93. The van der Waals surface area contributed by atoms with Crippen molar-refractivity contribution in [3.8, 4) is 0 Å². The van der Waals surface area contributed by atoms with Gasteiger partial charge in [-0.15, -0.1) is 0 Å². The number of nitrogens with one attached hydrogen (secondary N) is 1. The van der Waals surface area contributed by atoms with Crippen LogP contribution in [0.5, 0.6) is 0 Å². The van der Waals surface area contributed by atoms with Crippen molar-refractivity contribution in [1.82, 2.24) is 14.3 Å². The monoisotopic (exact) mass is 432 g/mol. The normalized spacial score (nSPS) is 15.7. The Morgan fingerprint density at radius 1 is 1.38 bits per heavy atom. The van der Waals surface area contributed by atoms with E-state index in [9.17, 15) is 14.4 Å². The van der Waals surface area contributed by atoms with Gasteiger partial charge < -0.3 is 10.4 Å². The Bertz CT molecular complexity index is 1080. The number of aliphatic carboxylic acids is 1. The van der Waals surface area contributed by atoms with Crippen LogP contribution in [0.3, 0.4) is 0 Å². The zero-order valence-corrected chi connectivity index (χ0v) is 17.5. The second kappa shape index (κ2) is 8.75. The van der Waals surface area contributed by atoms with Crippen molar-refractivity contribution in [1.29, 1.82) is 0 Å². The number of thiocarbonyl (C=S) groups is 1. The Labute approximate surface area is 176 Å². The number of carbonyl (C=O) groups excluding carboxylic acids is 1. The molecule has 3 heterocycles. The van der Waals surface area contributed by atoms with E-state index < -0.39 is 11.9 Å². The van der Waals surface area contributed by atoms with Crippen LogP contribution in [-0.4, -0.2) is 48.7 Å². The van der Waals surface area contributed by atoms with Crippen LogP contribution in [-0.2, 0) is 9.59 Å². The summed E-state index contributed by atoms with van der Waals surface area (Å²) in [4.78, 5) is 42.6. The highest BCUT2D eigenvalue weighted by molar-refractivity contribution is 8.26. The van der Waals surface area contributed by atoms with Crippen molar-refractivity contribution in [3.05, 3.63) is 45.2 Å². The molecule has 1 aliphatic heterocycles. The van der Waals surface area contributed by atoms with Crippen LogP contribution < -0.4 is 10.9 Å². The zero-order chi connectivity index (χ0) is 21.1. The Morgan fingerprint density at radius 2 is 2.14 bits per heavy atom. The maximum Gasteiger partial charge on any atom is 0.305 e. The van der Waals surface area contributed by atoms with E-state index in [1.165, 1.54) is 15.4 Å². The molecule has 0 aliphatic carbocycles. The van der Waals surface area contributed by atoms with Gasteiger partial charge in [-0.1, -0.05) is 43.9 Å². The second-order valence-corrected chi connectivity index (χ2v) is 8.54. The van der Waals surface area contributed by atoms with Gasteiger partial charge in [-0.2, -0.15) is 0 Å². The molecule has 1 amide bonds. The molecule has 1 saturated heterocycles. The Hall–Kier alpha value is -2.72. The van der Waals surface area contributed by atoms with Crippen LogP contribution in [0.25, 0.3) is 11.7 Å². The molecule has 3 rings (SSSR count). The van der Waals surface area contributed by atoms with Gasteiger partial charge in [-0.05, 0) is 24.1 Å². The Morgan fingerprint density at radius 3 is 2.83 bits per heavy atom. The number of pyridine rings is 1. The van der Waals surface area contributed by atoms with Crippen molar-refractivity contribution in [2.45, 2.75) is 20.3 Å². The van der Waals surface area contributed by atoms with Gasteiger partial charge in [0.2, 0.25) is 0 Å². The minimum absolute atomic E-state index is 0.00918. The molecule has 8 nitrogen and oxygen atoms in total. The molecule has 2 aromatic heterocycles. The molecule has 2 aromatic rings. The standard InChI is InChI=1S/C19H20N4O4S2/c1-11(2)10-20-16-12(17(26)22-7-4-3-5-14(22)21-16)9-13-18(27)23(19(28)29-13)8-6-15(24)25/h3-5,7,9,11,20H,6,8,10H2,1-2H3,(H,24,25). The predicted molar refractivity (Wildman–Crippen MR) is 117 cm³/mol. The largest absolute Gasteiger partial charge is 0.481 e. The molecule has 10 heteroatoms.